The zero-order valence-electron chi connectivity index (χ0n) is 9.43. The van der Waals surface area contributed by atoms with Crippen molar-refractivity contribution in [2.75, 3.05) is 0 Å². The SMILES string of the molecule is CC1CC(=O)Oc2ccc3ccc(O)cc3c21. The largest absolute Gasteiger partial charge is 0.508 e. The second-order valence-corrected chi connectivity index (χ2v) is 4.46. The van der Waals surface area contributed by atoms with Crippen molar-refractivity contribution in [1.29, 1.82) is 0 Å². The molecule has 3 nitrogen and oxygen atoms in total. The molecule has 1 atom stereocenters. The van der Waals surface area contributed by atoms with Gasteiger partial charge in [-0.3, -0.25) is 4.79 Å². The fourth-order valence-corrected chi connectivity index (χ4v) is 2.42. The Morgan fingerprint density at radius 2 is 2.06 bits per heavy atom. The van der Waals surface area contributed by atoms with Gasteiger partial charge in [0.2, 0.25) is 0 Å². The number of esters is 1. The molecule has 0 saturated carbocycles. The van der Waals surface area contributed by atoms with Crippen LogP contribution < -0.4 is 4.74 Å². The fraction of sp³-hybridized carbons (Fsp3) is 0.214. The van der Waals surface area contributed by atoms with Crippen LogP contribution in [0.4, 0.5) is 0 Å². The highest BCUT2D eigenvalue weighted by molar-refractivity contribution is 5.92. The first kappa shape index (κ1) is 10.1. The average molecular weight is 228 g/mol. The summed E-state index contributed by atoms with van der Waals surface area (Å²) in [5, 5.41) is 11.6. The van der Waals surface area contributed by atoms with Gasteiger partial charge in [-0.15, -0.1) is 0 Å². The van der Waals surface area contributed by atoms with E-state index in [1.54, 1.807) is 12.1 Å². The van der Waals surface area contributed by atoms with Crippen LogP contribution in [0.25, 0.3) is 10.8 Å². The molecule has 2 aromatic rings. The van der Waals surface area contributed by atoms with Crippen LogP contribution in [0.2, 0.25) is 0 Å². The lowest BCUT2D eigenvalue weighted by molar-refractivity contribution is -0.135. The van der Waals surface area contributed by atoms with Gasteiger partial charge in [-0.25, -0.2) is 0 Å². The van der Waals surface area contributed by atoms with Gasteiger partial charge < -0.3 is 9.84 Å². The fourth-order valence-electron chi connectivity index (χ4n) is 2.42. The van der Waals surface area contributed by atoms with Crippen LogP contribution in [0, 0.1) is 0 Å². The van der Waals surface area contributed by atoms with Gasteiger partial charge in [-0.2, -0.15) is 0 Å². The van der Waals surface area contributed by atoms with E-state index in [0.717, 1.165) is 16.3 Å². The molecule has 1 heterocycles. The van der Waals surface area contributed by atoms with E-state index in [1.807, 2.05) is 25.1 Å². The van der Waals surface area contributed by atoms with E-state index < -0.39 is 0 Å². The summed E-state index contributed by atoms with van der Waals surface area (Å²) in [6, 6.07) is 8.98. The minimum absolute atomic E-state index is 0.122. The molecule has 0 amide bonds. The molecule has 1 aliphatic rings. The highest BCUT2D eigenvalue weighted by atomic mass is 16.5. The predicted molar refractivity (Wildman–Crippen MR) is 64.3 cm³/mol. The van der Waals surface area contributed by atoms with Gasteiger partial charge >= 0.3 is 5.97 Å². The third kappa shape index (κ3) is 1.55. The average Bonchev–Trinajstić information content (AvgIpc) is 2.27. The second kappa shape index (κ2) is 3.48. The van der Waals surface area contributed by atoms with E-state index in [9.17, 15) is 9.90 Å². The number of carbonyl (C=O) groups is 1. The van der Waals surface area contributed by atoms with Gasteiger partial charge in [0.1, 0.15) is 11.5 Å². The van der Waals surface area contributed by atoms with E-state index in [-0.39, 0.29) is 17.6 Å². The van der Waals surface area contributed by atoms with Crippen LogP contribution in [-0.2, 0) is 4.79 Å². The first-order valence-corrected chi connectivity index (χ1v) is 5.61. The molecular formula is C14H12O3. The molecule has 86 valence electrons. The lowest BCUT2D eigenvalue weighted by atomic mass is 9.90. The second-order valence-electron chi connectivity index (χ2n) is 4.46. The number of carbonyl (C=O) groups excluding carboxylic acids is 1. The van der Waals surface area contributed by atoms with Crippen molar-refractivity contribution in [2.45, 2.75) is 19.3 Å². The monoisotopic (exact) mass is 228 g/mol. The van der Waals surface area contributed by atoms with Crippen molar-refractivity contribution in [2.24, 2.45) is 0 Å². The van der Waals surface area contributed by atoms with Crippen molar-refractivity contribution < 1.29 is 14.6 Å². The lowest BCUT2D eigenvalue weighted by Gasteiger charge is -2.23. The first-order valence-electron chi connectivity index (χ1n) is 5.61. The smallest absolute Gasteiger partial charge is 0.311 e. The van der Waals surface area contributed by atoms with E-state index in [4.69, 9.17) is 4.74 Å². The summed E-state index contributed by atoms with van der Waals surface area (Å²) >= 11 is 0. The normalized spacial score (nSPS) is 18.9. The molecular weight excluding hydrogens is 216 g/mol. The summed E-state index contributed by atoms with van der Waals surface area (Å²) in [7, 11) is 0. The molecule has 1 aliphatic heterocycles. The van der Waals surface area contributed by atoms with E-state index in [0.29, 0.717) is 12.2 Å². The molecule has 0 spiro atoms. The highest BCUT2D eigenvalue weighted by Gasteiger charge is 2.25. The number of phenolic OH excluding ortho intramolecular Hbond substituents is 1. The minimum Gasteiger partial charge on any atom is -0.508 e. The molecule has 0 aromatic heterocycles. The Hall–Kier alpha value is -2.03. The molecule has 1 N–H and O–H groups in total. The van der Waals surface area contributed by atoms with Crippen LogP contribution in [-0.4, -0.2) is 11.1 Å². The summed E-state index contributed by atoms with van der Waals surface area (Å²) in [6.07, 6.45) is 0.391. The number of ether oxygens (including phenoxy) is 1. The lowest BCUT2D eigenvalue weighted by Crippen LogP contribution is -2.18. The third-order valence-electron chi connectivity index (χ3n) is 3.20. The molecule has 2 aromatic carbocycles. The van der Waals surface area contributed by atoms with Crippen LogP contribution in [0.5, 0.6) is 11.5 Å². The van der Waals surface area contributed by atoms with Crippen LogP contribution >= 0.6 is 0 Å². The number of fused-ring (bicyclic) bond motifs is 3. The van der Waals surface area contributed by atoms with Crippen LogP contribution in [0.1, 0.15) is 24.8 Å². The molecule has 17 heavy (non-hydrogen) atoms. The molecule has 3 heteroatoms. The van der Waals surface area contributed by atoms with E-state index >= 15 is 0 Å². The third-order valence-corrected chi connectivity index (χ3v) is 3.20. The number of benzene rings is 2. The Morgan fingerprint density at radius 3 is 2.88 bits per heavy atom. The number of hydrogen-bond donors (Lipinski definition) is 1. The number of aromatic hydroxyl groups is 1. The molecule has 1 unspecified atom stereocenters. The van der Waals surface area contributed by atoms with Crippen molar-refractivity contribution >= 4 is 16.7 Å². The Morgan fingerprint density at radius 1 is 1.29 bits per heavy atom. The van der Waals surface area contributed by atoms with Gasteiger partial charge in [0.25, 0.3) is 0 Å². The molecule has 3 rings (SSSR count). The predicted octanol–water partition coefficient (Wildman–Crippen LogP) is 2.96. The van der Waals surface area contributed by atoms with Gasteiger partial charge in [-0.05, 0) is 34.9 Å². The topological polar surface area (TPSA) is 46.5 Å². The molecule has 0 fully saturated rings. The van der Waals surface area contributed by atoms with Crippen molar-refractivity contribution in [3.8, 4) is 11.5 Å². The molecule has 0 radical (unpaired) electrons. The number of hydrogen-bond acceptors (Lipinski definition) is 3. The number of rotatable bonds is 0. The zero-order valence-corrected chi connectivity index (χ0v) is 9.43. The summed E-state index contributed by atoms with van der Waals surface area (Å²) in [5.74, 6) is 0.781. The maximum atomic E-state index is 11.4. The summed E-state index contributed by atoms with van der Waals surface area (Å²) in [4.78, 5) is 11.4. The van der Waals surface area contributed by atoms with Gasteiger partial charge in [0, 0.05) is 5.56 Å². The van der Waals surface area contributed by atoms with Crippen molar-refractivity contribution in [1.82, 2.24) is 0 Å². The molecule has 0 bridgehead atoms. The molecule has 0 aliphatic carbocycles. The van der Waals surface area contributed by atoms with Crippen LogP contribution in [0.3, 0.4) is 0 Å². The minimum atomic E-state index is -0.190. The Bertz CT molecular complexity index is 616. The van der Waals surface area contributed by atoms with E-state index in [2.05, 4.69) is 0 Å². The summed E-state index contributed by atoms with van der Waals surface area (Å²) in [5.41, 5.74) is 1.01. The Labute approximate surface area is 98.6 Å². The summed E-state index contributed by atoms with van der Waals surface area (Å²) < 4.78 is 5.23. The van der Waals surface area contributed by atoms with Gasteiger partial charge in [0.15, 0.2) is 0 Å². The zero-order chi connectivity index (χ0) is 12.0. The number of phenols is 1. The standard InChI is InChI=1S/C14H12O3/c1-8-6-13(16)17-12-5-3-9-2-4-10(15)7-11(9)14(8)12/h2-5,7-8,15H,6H2,1H3. The first-order chi connectivity index (χ1) is 8.15. The Kier molecular flexibility index (Phi) is 2.08. The highest BCUT2D eigenvalue weighted by Crippen LogP contribution is 2.40. The summed E-state index contributed by atoms with van der Waals surface area (Å²) in [6.45, 7) is 2.00. The van der Waals surface area contributed by atoms with Crippen LogP contribution in [0.15, 0.2) is 30.3 Å². The van der Waals surface area contributed by atoms with Crippen molar-refractivity contribution in [3.63, 3.8) is 0 Å². The Balaban J connectivity index is 2.34. The molecule has 0 saturated heterocycles. The quantitative estimate of drug-likeness (QED) is 0.557. The van der Waals surface area contributed by atoms with Crippen molar-refractivity contribution in [3.05, 3.63) is 35.9 Å². The van der Waals surface area contributed by atoms with E-state index in [1.165, 1.54) is 0 Å². The maximum absolute atomic E-state index is 11.4. The maximum Gasteiger partial charge on any atom is 0.311 e. The van der Waals surface area contributed by atoms with Gasteiger partial charge in [0.05, 0.1) is 6.42 Å². The van der Waals surface area contributed by atoms with Gasteiger partial charge in [-0.1, -0.05) is 19.1 Å².